The zero-order chi connectivity index (χ0) is 30.2. The summed E-state index contributed by atoms with van der Waals surface area (Å²) < 4.78 is 5.15. The van der Waals surface area contributed by atoms with E-state index in [1.54, 1.807) is 0 Å². The number of fused-ring (bicyclic) bond motifs is 5. The van der Waals surface area contributed by atoms with Gasteiger partial charge in [-0.05, 0) is 80.6 Å². The van der Waals surface area contributed by atoms with Crippen molar-refractivity contribution in [3.63, 3.8) is 0 Å². The number of Topliss-reactive ketones (excluding diaryl/α,β-unsaturated/α-hetero) is 1. The molecule has 4 aliphatic rings. The third kappa shape index (κ3) is 5.82. The molecule has 11 nitrogen and oxygen atoms in total. The van der Waals surface area contributed by atoms with Gasteiger partial charge in [-0.15, -0.1) is 0 Å². The first kappa shape index (κ1) is 30.9. The molecule has 5 N–H and O–H groups in total. The quantitative estimate of drug-likeness (QED) is 0.267. The maximum absolute atomic E-state index is 13.3. The van der Waals surface area contributed by atoms with Gasteiger partial charge in [-0.3, -0.25) is 24.0 Å². The van der Waals surface area contributed by atoms with Gasteiger partial charge >= 0.3 is 11.9 Å². The molecule has 0 aromatic rings. The average Bonchev–Trinajstić information content (AvgIpc) is 3.20. The average molecular weight is 575 g/mol. The van der Waals surface area contributed by atoms with Crippen LogP contribution in [0.3, 0.4) is 0 Å². The van der Waals surface area contributed by atoms with Gasteiger partial charge in [-0.2, -0.15) is 0 Å². The summed E-state index contributed by atoms with van der Waals surface area (Å²) in [5.41, 5.74) is 4.01. The van der Waals surface area contributed by atoms with E-state index in [2.05, 4.69) is 12.2 Å². The van der Waals surface area contributed by atoms with Gasteiger partial charge in [0.05, 0.1) is 6.42 Å². The zero-order valence-corrected chi connectivity index (χ0v) is 23.9. The molecule has 0 aromatic carbocycles. The lowest BCUT2D eigenvalue weighted by Crippen LogP contribution is -2.58. The third-order valence-electron chi connectivity index (χ3n) is 10.8. The van der Waals surface area contributed by atoms with E-state index in [0.29, 0.717) is 37.5 Å². The number of ketones is 2. The number of ether oxygens (including phenoxy) is 1. The SMILES string of the molecule is C[C@]12CCC(=O)C=C1CC[C@H]1[C@H]2CC[C@@]2(C)[C@@H]1CC[C@]2(O)C(=O)COC(=O)CCC(=O)N[C@@H](CCC(N)=O)C(=O)O. The van der Waals surface area contributed by atoms with E-state index in [1.165, 1.54) is 5.57 Å². The molecule has 11 heteroatoms. The summed E-state index contributed by atoms with van der Waals surface area (Å²) in [6, 6.07) is -1.32. The second-order valence-electron chi connectivity index (χ2n) is 12.9. The predicted molar refractivity (Wildman–Crippen MR) is 145 cm³/mol. The van der Waals surface area contributed by atoms with Crippen LogP contribution >= 0.6 is 0 Å². The molecule has 0 heterocycles. The van der Waals surface area contributed by atoms with E-state index in [0.717, 1.165) is 25.7 Å². The minimum Gasteiger partial charge on any atom is -0.480 e. The number of aliphatic hydroxyl groups is 1. The molecular formula is C30H42N2O9. The Labute approximate surface area is 239 Å². The van der Waals surface area contributed by atoms with Gasteiger partial charge in [-0.1, -0.05) is 19.4 Å². The third-order valence-corrected chi connectivity index (χ3v) is 10.8. The summed E-state index contributed by atoms with van der Waals surface area (Å²) in [5, 5.41) is 23.2. The number of nitrogens with one attached hydrogen (secondary N) is 1. The summed E-state index contributed by atoms with van der Waals surface area (Å²) in [5.74, 6) is -2.97. The van der Waals surface area contributed by atoms with E-state index in [9.17, 15) is 39.0 Å². The van der Waals surface area contributed by atoms with Gasteiger partial charge in [0.2, 0.25) is 17.6 Å². The fourth-order valence-corrected chi connectivity index (χ4v) is 8.40. The van der Waals surface area contributed by atoms with Crippen LogP contribution in [0.1, 0.15) is 90.9 Å². The molecule has 0 unspecified atom stereocenters. The van der Waals surface area contributed by atoms with Gasteiger partial charge in [0.1, 0.15) is 11.6 Å². The largest absolute Gasteiger partial charge is 0.480 e. The van der Waals surface area contributed by atoms with Crippen LogP contribution in [0.2, 0.25) is 0 Å². The minimum atomic E-state index is -1.62. The number of hydrogen-bond acceptors (Lipinski definition) is 8. The summed E-state index contributed by atoms with van der Waals surface area (Å²) in [6.07, 6.45) is 6.50. The van der Waals surface area contributed by atoms with Crippen molar-refractivity contribution in [3.05, 3.63) is 11.6 Å². The topological polar surface area (TPSA) is 190 Å². The first-order valence-electron chi connectivity index (χ1n) is 14.7. The van der Waals surface area contributed by atoms with E-state index in [1.807, 2.05) is 13.0 Å². The molecule has 226 valence electrons. The lowest BCUT2D eigenvalue weighted by Gasteiger charge is -2.58. The standard InChI is InChI=1S/C30H42N2O9/c1-28-12-9-18(33)15-17(28)3-4-19-20(28)10-13-29(2)21(19)11-14-30(29,40)23(34)16-41-26(37)8-7-25(36)32-22(27(38)39)5-6-24(31)35/h15,19-22,40H,3-14,16H2,1-2H3,(H2,31,35)(H,32,36)(H,38,39)/t19-,20+,21+,22-,28-,29-,30-/m0/s1. The number of carboxylic acids is 1. The van der Waals surface area contributed by atoms with E-state index >= 15 is 0 Å². The Morgan fingerprint density at radius 2 is 1.73 bits per heavy atom. The Balaban J connectivity index is 1.31. The molecule has 0 aromatic heterocycles. The summed E-state index contributed by atoms with van der Waals surface area (Å²) in [6.45, 7) is 3.66. The Morgan fingerprint density at radius 1 is 1.02 bits per heavy atom. The molecule has 4 rings (SSSR count). The molecule has 0 aliphatic heterocycles. The van der Waals surface area contributed by atoms with Crippen LogP contribution in [0.5, 0.6) is 0 Å². The van der Waals surface area contributed by atoms with Gasteiger partial charge in [-0.25, -0.2) is 4.79 Å². The Bertz CT molecular complexity index is 1160. The van der Waals surface area contributed by atoms with Crippen molar-refractivity contribution in [2.45, 2.75) is 103 Å². The van der Waals surface area contributed by atoms with Gasteiger partial charge < -0.3 is 26.0 Å². The smallest absolute Gasteiger partial charge is 0.326 e. The van der Waals surface area contributed by atoms with Gasteiger partial charge in [0.25, 0.3) is 0 Å². The zero-order valence-electron chi connectivity index (χ0n) is 23.9. The molecule has 4 aliphatic carbocycles. The van der Waals surface area contributed by atoms with Crippen molar-refractivity contribution in [1.82, 2.24) is 5.32 Å². The maximum atomic E-state index is 13.3. The van der Waals surface area contributed by atoms with Crippen LogP contribution < -0.4 is 11.1 Å². The number of nitrogens with two attached hydrogens (primary N) is 1. The van der Waals surface area contributed by atoms with Crippen LogP contribution in [-0.2, 0) is 33.5 Å². The molecule has 3 saturated carbocycles. The lowest BCUT2D eigenvalue weighted by molar-refractivity contribution is -0.170. The lowest BCUT2D eigenvalue weighted by atomic mass is 9.46. The van der Waals surface area contributed by atoms with Crippen molar-refractivity contribution < 1.29 is 43.7 Å². The minimum absolute atomic E-state index is 0.0168. The monoisotopic (exact) mass is 574 g/mol. The highest BCUT2D eigenvalue weighted by molar-refractivity contribution is 5.92. The fourth-order valence-electron chi connectivity index (χ4n) is 8.40. The molecule has 0 bridgehead atoms. The number of carbonyl (C=O) groups excluding carboxylic acids is 5. The molecular weight excluding hydrogens is 532 g/mol. The fraction of sp³-hybridized carbons (Fsp3) is 0.733. The number of amides is 2. The van der Waals surface area contributed by atoms with Crippen LogP contribution in [0, 0.1) is 28.6 Å². The van der Waals surface area contributed by atoms with E-state index in [4.69, 9.17) is 10.5 Å². The molecule has 3 fully saturated rings. The van der Waals surface area contributed by atoms with E-state index < -0.39 is 53.2 Å². The van der Waals surface area contributed by atoms with Crippen LogP contribution in [-0.4, -0.2) is 63.8 Å². The second kappa shape index (κ2) is 11.7. The van der Waals surface area contributed by atoms with E-state index in [-0.39, 0.29) is 42.8 Å². The van der Waals surface area contributed by atoms with Crippen molar-refractivity contribution in [2.75, 3.05) is 6.61 Å². The molecule has 7 atom stereocenters. The number of esters is 1. The van der Waals surface area contributed by atoms with Crippen molar-refractivity contribution in [2.24, 2.45) is 34.3 Å². The number of carbonyl (C=O) groups is 6. The van der Waals surface area contributed by atoms with Crippen molar-refractivity contribution in [3.8, 4) is 0 Å². The predicted octanol–water partition coefficient (Wildman–Crippen LogP) is 1.98. The number of hydrogen-bond donors (Lipinski definition) is 4. The summed E-state index contributed by atoms with van der Waals surface area (Å²) >= 11 is 0. The first-order valence-corrected chi connectivity index (χ1v) is 14.7. The summed E-state index contributed by atoms with van der Waals surface area (Å²) in [4.78, 5) is 72.0. The molecule has 41 heavy (non-hydrogen) atoms. The number of aliphatic carboxylic acids is 1. The molecule has 2 amide bonds. The van der Waals surface area contributed by atoms with Crippen molar-refractivity contribution >= 4 is 35.3 Å². The second-order valence-corrected chi connectivity index (χ2v) is 12.9. The first-order chi connectivity index (χ1) is 19.2. The number of primary amides is 1. The number of allylic oxidation sites excluding steroid dienone is 1. The van der Waals surface area contributed by atoms with Gasteiger partial charge in [0.15, 0.2) is 12.4 Å². The highest BCUT2D eigenvalue weighted by Crippen LogP contribution is 2.67. The highest BCUT2D eigenvalue weighted by Gasteiger charge is 2.66. The maximum Gasteiger partial charge on any atom is 0.326 e. The van der Waals surface area contributed by atoms with Crippen molar-refractivity contribution in [1.29, 1.82) is 0 Å². The molecule has 0 spiro atoms. The summed E-state index contributed by atoms with van der Waals surface area (Å²) in [7, 11) is 0. The number of rotatable bonds is 11. The highest BCUT2D eigenvalue weighted by atomic mass is 16.5. The van der Waals surface area contributed by atoms with Crippen LogP contribution in [0.25, 0.3) is 0 Å². The Hall–Kier alpha value is -3.08. The van der Waals surface area contributed by atoms with Crippen LogP contribution in [0.4, 0.5) is 0 Å². The van der Waals surface area contributed by atoms with Crippen LogP contribution in [0.15, 0.2) is 11.6 Å². The molecule has 0 saturated heterocycles. The molecule has 0 radical (unpaired) electrons. The van der Waals surface area contributed by atoms with Gasteiger partial charge in [0, 0.05) is 24.7 Å². The Kier molecular flexibility index (Phi) is 8.78. The Morgan fingerprint density at radius 3 is 2.41 bits per heavy atom. The normalized spacial score (nSPS) is 34.8. The number of carboxylic acid groups (broad SMARTS) is 1.